The van der Waals surface area contributed by atoms with Crippen LogP contribution in [0.25, 0.3) is 11.0 Å². The second-order valence-corrected chi connectivity index (χ2v) is 6.46. The molecule has 2 atom stereocenters. The molecule has 2 aromatic heterocycles. The Morgan fingerprint density at radius 3 is 2.88 bits per heavy atom. The molecule has 1 aliphatic rings. The van der Waals surface area contributed by atoms with Gasteiger partial charge in [-0.2, -0.15) is 0 Å². The fraction of sp³-hybridized carbons (Fsp3) is 0.368. The van der Waals surface area contributed by atoms with Gasteiger partial charge >= 0.3 is 0 Å². The molecule has 1 saturated heterocycles. The topological polar surface area (TPSA) is 54.2 Å². The molecule has 0 radical (unpaired) electrons. The molecule has 5 nitrogen and oxygen atoms in total. The van der Waals surface area contributed by atoms with Crippen LogP contribution in [0.5, 0.6) is 0 Å². The van der Waals surface area contributed by atoms with Gasteiger partial charge in [0, 0.05) is 36.9 Å². The van der Waals surface area contributed by atoms with Crippen LogP contribution in [0.4, 0.5) is 4.39 Å². The molecule has 0 spiro atoms. The van der Waals surface area contributed by atoms with Crippen LogP contribution in [0, 0.1) is 0 Å². The van der Waals surface area contributed by atoms with Crippen LogP contribution in [0.1, 0.15) is 18.0 Å². The van der Waals surface area contributed by atoms with Gasteiger partial charge in [0.2, 0.25) is 0 Å². The van der Waals surface area contributed by atoms with Crippen LogP contribution < -0.4 is 5.32 Å². The first-order valence-corrected chi connectivity index (χ1v) is 8.60. The van der Waals surface area contributed by atoms with Crippen molar-refractivity contribution in [2.75, 3.05) is 13.1 Å². The van der Waals surface area contributed by atoms with Crippen LogP contribution in [0.3, 0.4) is 0 Å². The molecule has 0 unspecified atom stereocenters. The van der Waals surface area contributed by atoms with Crippen molar-refractivity contribution in [3.63, 3.8) is 0 Å². The molecular weight excluding hydrogens is 319 g/mol. The van der Waals surface area contributed by atoms with Gasteiger partial charge in [0.15, 0.2) is 0 Å². The molecule has 130 valence electrons. The highest BCUT2D eigenvalue weighted by atomic mass is 19.1. The molecule has 0 aliphatic carbocycles. The average molecular weight is 340 g/mol. The van der Waals surface area contributed by atoms with Crippen LogP contribution in [-0.2, 0) is 13.1 Å². The summed E-state index contributed by atoms with van der Waals surface area (Å²) in [6, 6.07) is 11.9. The van der Waals surface area contributed by atoms with E-state index in [2.05, 4.69) is 20.2 Å². The summed E-state index contributed by atoms with van der Waals surface area (Å²) in [5, 5.41) is 4.50. The molecule has 1 N–H and O–H groups in total. The Balaban J connectivity index is 1.34. The molecule has 6 heteroatoms. The molecule has 0 bridgehead atoms. The molecule has 4 rings (SSSR count). The summed E-state index contributed by atoms with van der Waals surface area (Å²) in [7, 11) is 0. The van der Waals surface area contributed by atoms with Gasteiger partial charge in [0.1, 0.15) is 23.3 Å². The molecule has 3 aromatic rings. The standard InChI is InChI=1S/C19H21FN4O/c20-15-9-16(24(12-15)13-19-22-6-3-7-23-19)10-21-11-17-8-14-4-1-2-5-18(14)25-17/h1-8,15-16,21H,9-13H2/t15-,16-/m0/s1. The minimum absolute atomic E-state index is 0.142. The lowest BCUT2D eigenvalue weighted by molar-refractivity contribution is 0.224. The number of fused-ring (bicyclic) bond motifs is 1. The van der Waals surface area contributed by atoms with Gasteiger partial charge in [-0.25, -0.2) is 14.4 Å². The van der Waals surface area contributed by atoms with E-state index in [1.165, 1.54) is 0 Å². The number of rotatable bonds is 6. The Bertz CT molecular complexity index is 789. The van der Waals surface area contributed by atoms with Crippen molar-refractivity contribution >= 4 is 11.0 Å². The van der Waals surface area contributed by atoms with E-state index in [4.69, 9.17) is 4.42 Å². The Labute approximate surface area is 145 Å². The fourth-order valence-corrected chi connectivity index (χ4v) is 3.41. The van der Waals surface area contributed by atoms with Gasteiger partial charge in [0.05, 0.1) is 13.1 Å². The predicted molar refractivity (Wildman–Crippen MR) is 93.7 cm³/mol. The maximum Gasteiger partial charge on any atom is 0.142 e. The summed E-state index contributed by atoms with van der Waals surface area (Å²) >= 11 is 0. The second kappa shape index (κ2) is 7.29. The van der Waals surface area contributed by atoms with Crippen molar-refractivity contribution in [2.45, 2.75) is 31.7 Å². The third kappa shape index (κ3) is 3.86. The number of benzene rings is 1. The Kier molecular flexibility index (Phi) is 4.72. The molecule has 0 amide bonds. The van der Waals surface area contributed by atoms with E-state index in [-0.39, 0.29) is 6.04 Å². The van der Waals surface area contributed by atoms with Gasteiger partial charge < -0.3 is 9.73 Å². The number of nitrogens with zero attached hydrogens (tertiary/aromatic N) is 3. The maximum atomic E-state index is 13.9. The number of aromatic nitrogens is 2. The number of hydrogen-bond donors (Lipinski definition) is 1. The summed E-state index contributed by atoms with van der Waals surface area (Å²) in [6.07, 6.45) is 3.20. The Morgan fingerprint density at radius 2 is 2.04 bits per heavy atom. The first-order chi connectivity index (χ1) is 12.3. The highest BCUT2D eigenvalue weighted by Gasteiger charge is 2.32. The largest absolute Gasteiger partial charge is 0.460 e. The maximum absolute atomic E-state index is 13.9. The van der Waals surface area contributed by atoms with Gasteiger partial charge in [0.25, 0.3) is 0 Å². The number of hydrogen-bond acceptors (Lipinski definition) is 5. The Hall–Kier alpha value is -2.31. The quantitative estimate of drug-likeness (QED) is 0.748. The molecule has 1 fully saturated rings. The molecular formula is C19H21FN4O. The fourth-order valence-electron chi connectivity index (χ4n) is 3.41. The summed E-state index contributed by atoms with van der Waals surface area (Å²) in [5.74, 6) is 1.63. The summed E-state index contributed by atoms with van der Waals surface area (Å²) in [5.41, 5.74) is 0.895. The molecule has 25 heavy (non-hydrogen) atoms. The average Bonchev–Trinajstić information content (AvgIpc) is 3.19. The van der Waals surface area contributed by atoms with Gasteiger partial charge in [-0.1, -0.05) is 18.2 Å². The van der Waals surface area contributed by atoms with E-state index in [0.29, 0.717) is 32.6 Å². The van der Waals surface area contributed by atoms with Crippen molar-refractivity contribution in [1.29, 1.82) is 0 Å². The van der Waals surface area contributed by atoms with E-state index in [1.807, 2.05) is 30.3 Å². The normalized spacial score (nSPS) is 21.2. The smallest absolute Gasteiger partial charge is 0.142 e. The summed E-state index contributed by atoms with van der Waals surface area (Å²) < 4.78 is 19.7. The zero-order chi connectivity index (χ0) is 17.1. The van der Waals surface area contributed by atoms with Crippen molar-refractivity contribution < 1.29 is 8.81 Å². The third-order valence-corrected chi connectivity index (χ3v) is 4.60. The Morgan fingerprint density at radius 1 is 1.20 bits per heavy atom. The minimum Gasteiger partial charge on any atom is -0.460 e. The van der Waals surface area contributed by atoms with Crippen molar-refractivity contribution in [1.82, 2.24) is 20.2 Å². The van der Waals surface area contributed by atoms with Crippen molar-refractivity contribution in [3.05, 3.63) is 60.4 Å². The minimum atomic E-state index is -0.790. The highest BCUT2D eigenvalue weighted by molar-refractivity contribution is 5.77. The van der Waals surface area contributed by atoms with Crippen molar-refractivity contribution in [2.24, 2.45) is 0 Å². The van der Waals surface area contributed by atoms with Crippen LogP contribution in [0.2, 0.25) is 0 Å². The molecule has 0 saturated carbocycles. The summed E-state index contributed by atoms with van der Waals surface area (Å²) in [6.45, 7) is 2.37. The van der Waals surface area contributed by atoms with E-state index in [0.717, 1.165) is 22.6 Å². The monoisotopic (exact) mass is 340 g/mol. The van der Waals surface area contributed by atoms with E-state index in [1.54, 1.807) is 18.5 Å². The van der Waals surface area contributed by atoms with Crippen LogP contribution in [-0.4, -0.2) is 40.2 Å². The number of furan rings is 1. The van der Waals surface area contributed by atoms with Gasteiger partial charge in [-0.15, -0.1) is 0 Å². The van der Waals surface area contributed by atoms with Crippen molar-refractivity contribution in [3.8, 4) is 0 Å². The number of likely N-dealkylation sites (tertiary alicyclic amines) is 1. The van der Waals surface area contributed by atoms with Gasteiger partial charge in [-0.05, 0) is 24.6 Å². The number of alkyl halides is 1. The number of para-hydroxylation sites is 1. The second-order valence-electron chi connectivity index (χ2n) is 6.46. The van der Waals surface area contributed by atoms with E-state index >= 15 is 0 Å². The van der Waals surface area contributed by atoms with Crippen LogP contribution >= 0.6 is 0 Å². The zero-order valence-corrected chi connectivity index (χ0v) is 13.9. The third-order valence-electron chi connectivity index (χ3n) is 4.60. The SMILES string of the molecule is F[C@H]1C[C@@H](CNCc2cc3ccccc3o2)N(Cc2ncccn2)C1. The lowest BCUT2D eigenvalue weighted by atomic mass is 10.2. The molecule has 1 aliphatic heterocycles. The van der Waals surface area contributed by atoms with E-state index in [9.17, 15) is 4.39 Å². The molecule has 1 aromatic carbocycles. The first-order valence-electron chi connectivity index (χ1n) is 8.60. The number of nitrogens with one attached hydrogen (secondary N) is 1. The zero-order valence-electron chi connectivity index (χ0n) is 13.9. The first kappa shape index (κ1) is 16.2. The highest BCUT2D eigenvalue weighted by Crippen LogP contribution is 2.22. The lowest BCUT2D eigenvalue weighted by Gasteiger charge is -2.23. The predicted octanol–water partition coefficient (Wildman–Crippen LogP) is 2.93. The van der Waals surface area contributed by atoms with E-state index < -0.39 is 6.17 Å². The molecule has 3 heterocycles. The van der Waals surface area contributed by atoms with Crippen LogP contribution in [0.15, 0.2) is 53.2 Å². The summed E-state index contributed by atoms with van der Waals surface area (Å²) in [4.78, 5) is 10.6. The lowest BCUT2D eigenvalue weighted by Crippen LogP contribution is -2.37. The number of halogens is 1. The van der Waals surface area contributed by atoms with Gasteiger partial charge in [-0.3, -0.25) is 4.90 Å².